The quantitative estimate of drug-likeness (QED) is 0.917. The van der Waals surface area contributed by atoms with Crippen LogP contribution < -0.4 is 10.2 Å². The zero-order valence-electron chi connectivity index (χ0n) is 11.0. The van der Waals surface area contributed by atoms with Crippen molar-refractivity contribution in [3.63, 3.8) is 0 Å². The van der Waals surface area contributed by atoms with E-state index in [-0.39, 0.29) is 0 Å². The Morgan fingerprint density at radius 1 is 1.26 bits per heavy atom. The average Bonchev–Trinajstić information content (AvgIpc) is 2.46. The molecular formula is C13H16BrN5. The first-order chi connectivity index (χ1) is 9.26. The summed E-state index contributed by atoms with van der Waals surface area (Å²) in [7, 11) is 1.84. The number of hydrogen-bond donors (Lipinski definition) is 1. The van der Waals surface area contributed by atoms with Gasteiger partial charge in [0.2, 0.25) is 0 Å². The molecule has 0 atom stereocenters. The fourth-order valence-corrected chi connectivity index (χ4v) is 2.43. The molecule has 0 amide bonds. The monoisotopic (exact) mass is 321 g/mol. The zero-order valence-corrected chi connectivity index (χ0v) is 12.6. The van der Waals surface area contributed by atoms with Crippen LogP contribution in [0.1, 0.15) is 12.6 Å². The molecule has 6 heteroatoms. The molecule has 19 heavy (non-hydrogen) atoms. The zero-order chi connectivity index (χ0) is 13.7. The molecule has 2 rings (SSSR count). The van der Waals surface area contributed by atoms with Crippen molar-refractivity contribution in [2.45, 2.75) is 13.5 Å². The first kappa shape index (κ1) is 13.7. The first-order valence-corrected chi connectivity index (χ1v) is 6.88. The lowest BCUT2D eigenvalue weighted by Crippen LogP contribution is -2.24. The average molecular weight is 322 g/mol. The molecule has 0 fully saturated rings. The highest BCUT2D eigenvalue weighted by Crippen LogP contribution is 2.29. The highest BCUT2D eigenvalue weighted by molar-refractivity contribution is 9.10. The third-order valence-corrected chi connectivity index (χ3v) is 3.50. The van der Waals surface area contributed by atoms with E-state index in [0.29, 0.717) is 0 Å². The van der Waals surface area contributed by atoms with Gasteiger partial charge in [0.25, 0.3) is 0 Å². The van der Waals surface area contributed by atoms with Crippen LogP contribution in [0.4, 0.5) is 11.6 Å². The maximum Gasteiger partial charge on any atom is 0.148 e. The van der Waals surface area contributed by atoms with Crippen molar-refractivity contribution < 1.29 is 0 Å². The van der Waals surface area contributed by atoms with Crippen LogP contribution in [0.25, 0.3) is 0 Å². The number of pyridine rings is 1. The van der Waals surface area contributed by atoms with Crippen molar-refractivity contribution in [2.24, 2.45) is 0 Å². The van der Waals surface area contributed by atoms with Crippen LogP contribution >= 0.6 is 15.9 Å². The van der Waals surface area contributed by atoms with Gasteiger partial charge in [-0.05, 0) is 35.0 Å². The topological polar surface area (TPSA) is 53.9 Å². The Bertz CT molecular complexity index is 532. The molecule has 0 saturated heterocycles. The highest BCUT2D eigenvalue weighted by atomic mass is 79.9. The minimum Gasteiger partial charge on any atom is -0.372 e. The number of anilines is 2. The van der Waals surface area contributed by atoms with Crippen molar-refractivity contribution in [2.75, 3.05) is 23.8 Å². The lowest BCUT2D eigenvalue weighted by Gasteiger charge is -2.23. The van der Waals surface area contributed by atoms with E-state index in [1.165, 1.54) is 0 Å². The number of nitrogens with one attached hydrogen (secondary N) is 1. The van der Waals surface area contributed by atoms with Crippen LogP contribution in [0.3, 0.4) is 0 Å². The second kappa shape index (κ2) is 6.47. The first-order valence-electron chi connectivity index (χ1n) is 6.09. The predicted molar refractivity (Wildman–Crippen MR) is 80.2 cm³/mol. The molecule has 100 valence electrons. The summed E-state index contributed by atoms with van der Waals surface area (Å²) in [4.78, 5) is 15.0. The Morgan fingerprint density at radius 3 is 2.74 bits per heavy atom. The lowest BCUT2D eigenvalue weighted by molar-refractivity contribution is 0.788. The fraction of sp³-hybridized carbons (Fsp3) is 0.308. The predicted octanol–water partition coefficient (Wildman–Crippen LogP) is 2.70. The highest BCUT2D eigenvalue weighted by Gasteiger charge is 2.14. The minimum absolute atomic E-state index is 0.718. The minimum atomic E-state index is 0.718. The van der Waals surface area contributed by atoms with E-state index in [2.05, 4.69) is 48.0 Å². The van der Waals surface area contributed by atoms with Gasteiger partial charge in [-0.2, -0.15) is 0 Å². The van der Waals surface area contributed by atoms with Gasteiger partial charge < -0.3 is 10.2 Å². The summed E-state index contributed by atoms with van der Waals surface area (Å²) in [5.74, 6) is 1.65. The van der Waals surface area contributed by atoms with Crippen molar-refractivity contribution in [3.8, 4) is 0 Å². The van der Waals surface area contributed by atoms with Crippen molar-refractivity contribution in [1.29, 1.82) is 0 Å². The Morgan fingerprint density at radius 2 is 2.11 bits per heavy atom. The number of hydrogen-bond acceptors (Lipinski definition) is 5. The molecule has 2 heterocycles. The van der Waals surface area contributed by atoms with Crippen LogP contribution in [0.15, 0.2) is 35.2 Å². The molecule has 0 aliphatic carbocycles. The Labute approximate surface area is 121 Å². The summed E-state index contributed by atoms with van der Waals surface area (Å²) in [6.07, 6.45) is 3.37. The normalized spacial score (nSPS) is 10.3. The number of halogens is 1. The van der Waals surface area contributed by atoms with Crippen LogP contribution in [0.5, 0.6) is 0 Å². The van der Waals surface area contributed by atoms with Gasteiger partial charge in [0.15, 0.2) is 0 Å². The van der Waals surface area contributed by atoms with Gasteiger partial charge in [-0.3, -0.25) is 4.98 Å². The molecular weight excluding hydrogens is 306 g/mol. The second-order valence-electron chi connectivity index (χ2n) is 3.95. The third-order valence-electron chi connectivity index (χ3n) is 2.77. The molecule has 0 saturated carbocycles. The number of aromatic nitrogens is 3. The summed E-state index contributed by atoms with van der Waals surface area (Å²) in [6, 6.07) is 5.92. The Balaban J connectivity index is 2.27. The summed E-state index contributed by atoms with van der Waals surface area (Å²) >= 11 is 3.55. The van der Waals surface area contributed by atoms with Crippen LogP contribution in [-0.4, -0.2) is 28.5 Å². The van der Waals surface area contributed by atoms with Gasteiger partial charge in [0.05, 0.1) is 12.2 Å². The summed E-state index contributed by atoms with van der Waals surface area (Å²) in [5, 5.41) is 3.04. The Hall–Kier alpha value is -1.69. The summed E-state index contributed by atoms with van der Waals surface area (Å²) in [5.41, 5.74) is 1.01. The van der Waals surface area contributed by atoms with Gasteiger partial charge in [0.1, 0.15) is 22.4 Å². The van der Waals surface area contributed by atoms with E-state index in [4.69, 9.17) is 0 Å². The van der Waals surface area contributed by atoms with E-state index in [0.717, 1.165) is 34.9 Å². The SMILES string of the molecule is CCN(Cc1ccccn1)c1ncnc(NC)c1Br. The van der Waals surface area contributed by atoms with Gasteiger partial charge >= 0.3 is 0 Å². The van der Waals surface area contributed by atoms with Crippen LogP contribution in [0.2, 0.25) is 0 Å². The maximum atomic E-state index is 4.35. The van der Waals surface area contributed by atoms with E-state index in [9.17, 15) is 0 Å². The molecule has 0 radical (unpaired) electrons. The molecule has 0 bridgehead atoms. The molecule has 0 spiro atoms. The number of rotatable bonds is 5. The van der Waals surface area contributed by atoms with E-state index in [1.54, 1.807) is 12.5 Å². The molecule has 0 aliphatic rings. The van der Waals surface area contributed by atoms with E-state index < -0.39 is 0 Å². The van der Waals surface area contributed by atoms with Crippen molar-refractivity contribution >= 4 is 27.6 Å². The molecule has 1 N–H and O–H groups in total. The van der Waals surface area contributed by atoms with Gasteiger partial charge in [0, 0.05) is 19.8 Å². The summed E-state index contributed by atoms with van der Waals surface area (Å²) in [6.45, 7) is 3.65. The maximum absolute atomic E-state index is 4.35. The largest absolute Gasteiger partial charge is 0.372 e. The molecule has 0 aliphatic heterocycles. The standard InChI is InChI=1S/C13H16BrN5/c1-3-19(8-10-6-4-5-7-16-10)13-11(14)12(15-2)17-9-18-13/h4-7,9H,3,8H2,1-2H3,(H,15,17,18). The smallest absolute Gasteiger partial charge is 0.148 e. The molecule has 2 aromatic rings. The number of nitrogens with zero attached hydrogens (tertiary/aromatic N) is 4. The van der Waals surface area contributed by atoms with Crippen molar-refractivity contribution in [1.82, 2.24) is 15.0 Å². The molecule has 5 nitrogen and oxygen atoms in total. The van der Waals surface area contributed by atoms with Crippen LogP contribution in [0, 0.1) is 0 Å². The molecule has 0 aromatic carbocycles. The second-order valence-corrected chi connectivity index (χ2v) is 4.74. The Kier molecular flexibility index (Phi) is 4.68. The molecule has 0 unspecified atom stereocenters. The fourth-order valence-electron chi connectivity index (χ4n) is 1.78. The van der Waals surface area contributed by atoms with Gasteiger partial charge in [-0.15, -0.1) is 0 Å². The van der Waals surface area contributed by atoms with Gasteiger partial charge in [-0.1, -0.05) is 6.07 Å². The van der Waals surface area contributed by atoms with Gasteiger partial charge in [-0.25, -0.2) is 9.97 Å². The lowest BCUT2D eigenvalue weighted by atomic mass is 10.3. The van der Waals surface area contributed by atoms with E-state index >= 15 is 0 Å². The summed E-state index contributed by atoms with van der Waals surface area (Å²) < 4.78 is 0.871. The van der Waals surface area contributed by atoms with Crippen LogP contribution in [-0.2, 0) is 6.54 Å². The molecule has 2 aromatic heterocycles. The third kappa shape index (κ3) is 3.20. The van der Waals surface area contributed by atoms with E-state index in [1.807, 2.05) is 25.2 Å². The van der Waals surface area contributed by atoms with Crippen molar-refractivity contribution in [3.05, 3.63) is 40.9 Å².